The van der Waals surface area contributed by atoms with Crippen molar-refractivity contribution in [1.82, 2.24) is 9.97 Å². The van der Waals surface area contributed by atoms with E-state index in [1.54, 1.807) is 12.4 Å². The number of hydrogen-bond donors (Lipinski definition) is 0. The molecule has 0 unspecified atom stereocenters. The van der Waals surface area contributed by atoms with Gasteiger partial charge in [0.05, 0.1) is 12.4 Å². The Morgan fingerprint density at radius 2 is 1.75 bits per heavy atom. The molecule has 1 aromatic heterocycles. The number of aromatic nitrogens is 2. The summed E-state index contributed by atoms with van der Waals surface area (Å²) in [6.07, 6.45) is 3.42. The van der Waals surface area contributed by atoms with Crippen LogP contribution in [0.1, 0.15) is 26.3 Å². The summed E-state index contributed by atoms with van der Waals surface area (Å²) in [5.41, 5.74) is 1.11. The van der Waals surface area contributed by atoms with Gasteiger partial charge in [-0.05, 0) is 5.41 Å². The molecule has 0 aliphatic heterocycles. The molecular formula is C9H11N3. The molecule has 1 aromatic rings. The monoisotopic (exact) mass is 161 g/mol. The highest BCUT2D eigenvalue weighted by atomic mass is 15.0. The number of nitrogens with zero attached hydrogens (tertiary/aromatic N) is 3. The van der Waals surface area contributed by atoms with Crippen LogP contribution < -0.4 is 0 Å². The minimum absolute atomic E-state index is 0.0561. The smallest absolute Gasteiger partial charge is 0.371 e. The minimum Gasteiger partial charge on any atom is -0.394 e. The summed E-state index contributed by atoms with van der Waals surface area (Å²) in [5, 5.41) is 0. The summed E-state index contributed by atoms with van der Waals surface area (Å²) in [6.45, 7) is 12.9. The zero-order valence-corrected chi connectivity index (χ0v) is 7.50. The maximum Gasteiger partial charge on any atom is 0.371 e. The quantitative estimate of drug-likeness (QED) is 0.546. The van der Waals surface area contributed by atoms with Gasteiger partial charge in [0.1, 0.15) is 0 Å². The van der Waals surface area contributed by atoms with Crippen LogP contribution in [0.4, 0.5) is 5.95 Å². The molecule has 3 nitrogen and oxygen atoms in total. The highest BCUT2D eigenvalue weighted by molar-refractivity contribution is 5.27. The fraction of sp³-hybridized carbons (Fsp3) is 0.444. The third-order valence-corrected chi connectivity index (χ3v) is 1.60. The van der Waals surface area contributed by atoms with Gasteiger partial charge in [-0.15, -0.1) is 6.57 Å². The zero-order chi connectivity index (χ0) is 9.19. The molecule has 0 saturated heterocycles. The van der Waals surface area contributed by atoms with Crippen molar-refractivity contribution in [2.45, 2.75) is 26.2 Å². The molecule has 12 heavy (non-hydrogen) atoms. The Kier molecular flexibility index (Phi) is 2.09. The van der Waals surface area contributed by atoms with Crippen LogP contribution in [0, 0.1) is 6.57 Å². The molecule has 3 heteroatoms. The SMILES string of the molecule is [C-]#[N+]c1ncc(C(C)(C)C)cn1. The summed E-state index contributed by atoms with van der Waals surface area (Å²) in [6, 6.07) is 0. The van der Waals surface area contributed by atoms with Gasteiger partial charge in [-0.1, -0.05) is 20.8 Å². The maximum atomic E-state index is 6.67. The Morgan fingerprint density at radius 1 is 1.25 bits per heavy atom. The van der Waals surface area contributed by atoms with Crippen LogP contribution in [0.3, 0.4) is 0 Å². The lowest BCUT2D eigenvalue weighted by Crippen LogP contribution is -2.11. The minimum atomic E-state index is 0.0561. The Morgan fingerprint density at radius 3 is 2.08 bits per heavy atom. The summed E-state index contributed by atoms with van der Waals surface area (Å²) in [7, 11) is 0. The van der Waals surface area contributed by atoms with Gasteiger partial charge in [0, 0.05) is 5.56 Å². The lowest BCUT2D eigenvalue weighted by molar-refractivity contribution is 0.584. The zero-order valence-electron chi connectivity index (χ0n) is 7.50. The highest BCUT2D eigenvalue weighted by Gasteiger charge is 2.15. The topological polar surface area (TPSA) is 30.1 Å². The Labute approximate surface area is 72.3 Å². The lowest BCUT2D eigenvalue weighted by Gasteiger charge is -2.15. The van der Waals surface area contributed by atoms with E-state index in [9.17, 15) is 0 Å². The predicted molar refractivity (Wildman–Crippen MR) is 47.0 cm³/mol. The van der Waals surface area contributed by atoms with Gasteiger partial charge in [-0.25, -0.2) is 0 Å². The van der Waals surface area contributed by atoms with E-state index >= 15 is 0 Å². The van der Waals surface area contributed by atoms with Crippen LogP contribution in [0.2, 0.25) is 0 Å². The van der Waals surface area contributed by atoms with E-state index in [0.717, 1.165) is 5.56 Å². The van der Waals surface area contributed by atoms with Gasteiger partial charge in [0.2, 0.25) is 0 Å². The van der Waals surface area contributed by atoms with Crippen molar-refractivity contribution in [2.75, 3.05) is 0 Å². The molecule has 0 atom stereocenters. The predicted octanol–water partition coefficient (Wildman–Crippen LogP) is 2.32. The third kappa shape index (κ3) is 1.79. The van der Waals surface area contributed by atoms with Crippen LogP contribution in [-0.4, -0.2) is 9.97 Å². The normalized spacial score (nSPS) is 10.8. The highest BCUT2D eigenvalue weighted by Crippen LogP contribution is 2.20. The molecular weight excluding hydrogens is 150 g/mol. The van der Waals surface area contributed by atoms with Crippen LogP contribution in [-0.2, 0) is 5.41 Å². The molecule has 0 amide bonds. The number of hydrogen-bond acceptors (Lipinski definition) is 2. The largest absolute Gasteiger partial charge is 0.394 e. The molecule has 0 aliphatic carbocycles. The van der Waals surface area contributed by atoms with Crippen LogP contribution >= 0.6 is 0 Å². The molecule has 0 aliphatic rings. The molecule has 0 N–H and O–H groups in total. The lowest BCUT2D eigenvalue weighted by atomic mass is 9.89. The van der Waals surface area contributed by atoms with Gasteiger partial charge in [-0.2, -0.15) is 9.97 Å². The van der Waals surface area contributed by atoms with Gasteiger partial charge in [-0.3, -0.25) is 0 Å². The second-order valence-corrected chi connectivity index (χ2v) is 3.63. The van der Waals surface area contributed by atoms with Gasteiger partial charge in [0.25, 0.3) is 0 Å². The van der Waals surface area contributed by atoms with Crippen molar-refractivity contribution < 1.29 is 0 Å². The van der Waals surface area contributed by atoms with Gasteiger partial charge < -0.3 is 4.85 Å². The van der Waals surface area contributed by atoms with E-state index in [2.05, 4.69) is 35.6 Å². The fourth-order valence-electron chi connectivity index (χ4n) is 0.766. The van der Waals surface area contributed by atoms with Gasteiger partial charge in [0.15, 0.2) is 0 Å². The molecule has 0 saturated carbocycles. The van der Waals surface area contributed by atoms with Crippen molar-refractivity contribution in [2.24, 2.45) is 0 Å². The number of rotatable bonds is 0. The first-order valence-electron chi connectivity index (χ1n) is 3.74. The molecule has 62 valence electrons. The summed E-state index contributed by atoms with van der Waals surface area (Å²) < 4.78 is 0. The van der Waals surface area contributed by atoms with Crippen molar-refractivity contribution in [3.63, 3.8) is 0 Å². The third-order valence-electron chi connectivity index (χ3n) is 1.60. The average molecular weight is 161 g/mol. The molecule has 0 fully saturated rings. The van der Waals surface area contributed by atoms with Crippen LogP contribution in [0.15, 0.2) is 12.4 Å². The fourth-order valence-corrected chi connectivity index (χ4v) is 0.766. The second kappa shape index (κ2) is 2.90. The summed E-state index contributed by atoms with van der Waals surface area (Å²) in [5.74, 6) is 0.211. The van der Waals surface area contributed by atoms with E-state index in [1.807, 2.05) is 0 Å². The van der Waals surface area contributed by atoms with Crippen molar-refractivity contribution >= 4 is 5.95 Å². The first-order valence-corrected chi connectivity index (χ1v) is 3.74. The molecule has 0 bridgehead atoms. The molecule has 0 aromatic carbocycles. The van der Waals surface area contributed by atoms with Gasteiger partial charge >= 0.3 is 5.95 Å². The van der Waals surface area contributed by atoms with Crippen molar-refractivity contribution in [1.29, 1.82) is 0 Å². The Balaban J connectivity index is 3.02. The van der Waals surface area contributed by atoms with E-state index < -0.39 is 0 Å². The van der Waals surface area contributed by atoms with Crippen LogP contribution in [0.25, 0.3) is 4.85 Å². The van der Waals surface area contributed by atoms with E-state index in [-0.39, 0.29) is 11.4 Å². The van der Waals surface area contributed by atoms with E-state index in [0.29, 0.717) is 0 Å². The second-order valence-electron chi connectivity index (χ2n) is 3.63. The van der Waals surface area contributed by atoms with Crippen molar-refractivity contribution in [3.8, 4) is 0 Å². The maximum absolute atomic E-state index is 6.67. The molecule has 1 rings (SSSR count). The molecule has 0 spiro atoms. The summed E-state index contributed by atoms with van der Waals surface area (Å²) >= 11 is 0. The molecule has 0 radical (unpaired) electrons. The Bertz CT molecular complexity index is 300. The van der Waals surface area contributed by atoms with E-state index in [1.165, 1.54) is 0 Å². The van der Waals surface area contributed by atoms with Crippen LogP contribution in [0.5, 0.6) is 0 Å². The Hall–Kier alpha value is -1.43. The van der Waals surface area contributed by atoms with E-state index in [4.69, 9.17) is 6.57 Å². The van der Waals surface area contributed by atoms with Crippen molar-refractivity contribution in [3.05, 3.63) is 29.4 Å². The average Bonchev–Trinajstić information content (AvgIpc) is 2.03. The molecule has 1 heterocycles. The summed E-state index contributed by atoms with van der Waals surface area (Å²) in [4.78, 5) is 10.9. The standard InChI is InChI=1S/C9H11N3/c1-9(2,3)7-5-11-8(10-4)12-6-7/h5-6H,1-3H3. The first kappa shape index (κ1) is 8.66. The first-order chi connectivity index (χ1) is 5.54.